The summed E-state index contributed by atoms with van der Waals surface area (Å²) in [5.41, 5.74) is 2.82. The van der Waals surface area contributed by atoms with Gasteiger partial charge in [-0.05, 0) is 60.0 Å². The summed E-state index contributed by atoms with van der Waals surface area (Å²) in [5, 5.41) is 16.0. The van der Waals surface area contributed by atoms with Crippen LogP contribution in [-0.2, 0) is 18.8 Å². The predicted molar refractivity (Wildman–Crippen MR) is 152 cm³/mol. The van der Waals surface area contributed by atoms with Crippen molar-refractivity contribution in [1.82, 2.24) is 14.9 Å². The number of rotatable bonds is 11. The summed E-state index contributed by atoms with van der Waals surface area (Å²) >= 11 is 19.8. The molecule has 3 aromatic carbocycles. The molecule has 0 N–H and O–H groups in total. The number of benzene rings is 3. The van der Waals surface area contributed by atoms with Crippen LogP contribution in [0.4, 0.5) is 0 Å². The molecule has 0 atom stereocenters. The van der Waals surface area contributed by atoms with E-state index in [4.69, 9.17) is 49.4 Å². The van der Waals surface area contributed by atoms with Crippen LogP contribution in [0.1, 0.15) is 35.9 Å². The highest BCUT2D eigenvalue weighted by atomic mass is 35.5. The fraction of sp³-hybridized carbons (Fsp3) is 0.222. The van der Waals surface area contributed by atoms with Crippen molar-refractivity contribution in [2.24, 2.45) is 5.10 Å². The molecule has 192 valence electrons. The summed E-state index contributed by atoms with van der Waals surface area (Å²) in [6, 6.07) is 18.7. The Morgan fingerprint density at radius 3 is 2.46 bits per heavy atom. The molecule has 4 aromatic rings. The maximum absolute atomic E-state index is 6.26. The normalized spacial score (nSPS) is 11.3. The van der Waals surface area contributed by atoms with E-state index in [2.05, 4.69) is 17.1 Å². The molecule has 0 saturated carbocycles. The van der Waals surface area contributed by atoms with E-state index >= 15 is 0 Å². The molecule has 1 aromatic heterocycles. The van der Waals surface area contributed by atoms with Crippen LogP contribution in [0.3, 0.4) is 0 Å². The SMILES string of the molecule is CCCc1nnc(SCc2ccc(Cl)cc2)n1/N=C/c1ccc(OCc2ccc(Cl)cc2Cl)c(OC)c1. The minimum absolute atomic E-state index is 0.287. The van der Waals surface area contributed by atoms with E-state index < -0.39 is 0 Å². The number of nitrogens with zero attached hydrogens (tertiary/aromatic N) is 4. The van der Waals surface area contributed by atoms with E-state index in [0.717, 1.165) is 46.3 Å². The Hall–Kier alpha value is -2.71. The number of methoxy groups -OCH3 is 1. The van der Waals surface area contributed by atoms with Crippen molar-refractivity contribution in [2.75, 3.05) is 7.11 Å². The number of aromatic nitrogens is 3. The first-order valence-corrected chi connectivity index (χ1v) is 13.7. The lowest BCUT2D eigenvalue weighted by Crippen LogP contribution is -2.01. The number of hydrogen-bond donors (Lipinski definition) is 0. The van der Waals surface area contributed by atoms with Crippen LogP contribution in [0.25, 0.3) is 0 Å². The van der Waals surface area contributed by atoms with Crippen LogP contribution in [0.5, 0.6) is 11.5 Å². The number of halogens is 3. The number of hydrogen-bond acceptors (Lipinski definition) is 6. The van der Waals surface area contributed by atoms with Crippen LogP contribution in [0, 0.1) is 0 Å². The first-order valence-electron chi connectivity index (χ1n) is 11.6. The Kier molecular flexibility index (Phi) is 9.75. The van der Waals surface area contributed by atoms with Gasteiger partial charge in [-0.15, -0.1) is 10.2 Å². The topological polar surface area (TPSA) is 61.5 Å². The molecule has 0 aliphatic carbocycles. The molecule has 0 bridgehead atoms. The van der Waals surface area contributed by atoms with E-state index in [1.165, 1.54) is 0 Å². The number of aryl methyl sites for hydroxylation is 1. The molecular formula is C27H25Cl3N4O2S. The smallest absolute Gasteiger partial charge is 0.212 e. The third-order valence-corrected chi connectivity index (χ3v) is 7.17. The van der Waals surface area contributed by atoms with Gasteiger partial charge >= 0.3 is 0 Å². The molecule has 6 nitrogen and oxygen atoms in total. The zero-order valence-electron chi connectivity index (χ0n) is 20.3. The van der Waals surface area contributed by atoms with Gasteiger partial charge in [-0.2, -0.15) is 9.78 Å². The second kappa shape index (κ2) is 13.2. The number of thioether (sulfide) groups is 1. The maximum Gasteiger partial charge on any atom is 0.212 e. The summed E-state index contributed by atoms with van der Waals surface area (Å²) < 4.78 is 13.3. The first kappa shape index (κ1) is 27.3. The average molecular weight is 576 g/mol. The molecule has 0 aliphatic heterocycles. The minimum Gasteiger partial charge on any atom is -0.493 e. The Morgan fingerprint density at radius 1 is 0.946 bits per heavy atom. The highest BCUT2D eigenvalue weighted by molar-refractivity contribution is 7.98. The van der Waals surface area contributed by atoms with Crippen molar-refractivity contribution < 1.29 is 9.47 Å². The van der Waals surface area contributed by atoms with Crippen molar-refractivity contribution in [2.45, 2.75) is 37.3 Å². The van der Waals surface area contributed by atoms with Gasteiger partial charge in [0, 0.05) is 32.8 Å². The molecule has 4 rings (SSSR count). The van der Waals surface area contributed by atoms with E-state index in [0.29, 0.717) is 26.6 Å². The maximum atomic E-state index is 6.26. The van der Waals surface area contributed by atoms with Crippen LogP contribution < -0.4 is 9.47 Å². The van der Waals surface area contributed by atoms with Gasteiger partial charge in [0.05, 0.1) is 13.3 Å². The molecule has 10 heteroatoms. The molecular weight excluding hydrogens is 551 g/mol. The Bertz CT molecular complexity index is 1380. The highest BCUT2D eigenvalue weighted by Crippen LogP contribution is 2.30. The largest absolute Gasteiger partial charge is 0.493 e. The van der Waals surface area contributed by atoms with Gasteiger partial charge in [-0.3, -0.25) is 0 Å². The highest BCUT2D eigenvalue weighted by Gasteiger charge is 2.13. The molecule has 1 heterocycles. The van der Waals surface area contributed by atoms with Crippen molar-refractivity contribution in [3.05, 3.63) is 98.2 Å². The molecule has 0 unspecified atom stereocenters. The zero-order chi connectivity index (χ0) is 26.2. The van der Waals surface area contributed by atoms with E-state index in [9.17, 15) is 0 Å². The van der Waals surface area contributed by atoms with Gasteiger partial charge in [0.2, 0.25) is 5.16 Å². The van der Waals surface area contributed by atoms with Gasteiger partial charge in [-0.1, -0.05) is 71.7 Å². The number of ether oxygens (including phenoxy) is 2. The van der Waals surface area contributed by atoms with Crippen molar-refractivity contribution in [1.29, 1.82) is 0 Å². The second-order valence-electron chi connectivity index (χ2n) is 8.06. The Morgan fingerprint density at radius 2 is 1.73 bits per heavy atom. The summed E-state index contributed by atoms with van der Waals surface area (Å²) in [4.78, 5) is 0. The average Bonchev–Trinajstić information content (AvgIpc) is 3.28. The standard InChI is InChI=1S/C27H25Cl3N4O2S/c1-3-4-26-32-33-27(37-17-18-5-9-21(28)10-6-18)34(26)31-15-19-7-12-24(25(13-19)35-2)36-16-20-8-11-22(29)14-23(20)30/h5-15H,3-4,16-17H2,1-2H3/b31-15+. The van der Waals surface area contributed by atoms with Crippen LogP contribution in [-0.4, -0.2) is 28.2 Å². The van der Waals surface area contributed by atoms with Gasteiger partial charge in [0.1, 0.15) is 6.61 Å². The van der Waals surface area contributed by atoms with E-state index in [-0.39, 0.29) is 6.61 Å². The predicted octanol–water partition coefficient (Wildman–Crippen LogP) is 7.95. The fourth-order valence-corrected chi connectivity index (χ4v) is 4.86. The van der Waals surface area contributed by atoms with Gasteiger partial charge in [-0.25, -0.2) is 0 Å². The van der Waals surface area contributed by atoms with E-state index in [1.807, 2.05) is 48.5 Å². The summed E-state index contributed by atoms with van der Waals surface area (Å²) in [7, 11) is 1.60. The summed E-state index contributed by atoms with van der Waals surface area (Å²) in [6.07, 6.45) is 3.47. The quantitative estimate of drug-likeness (QED) is 0.134. The molecule has 0 fully saturated rings. The molecule has 0 amide bonds. The lowest BCUT2D eigenvalue weighted by atomic mass is 10.2. The monoisotopic (exact) mass is 574 g/mol. The van der Waals surface area contributed by atoms with Crippen LogP contribution >= 0.6 is 46.6 Å². The zero-order valence-corrected chi connectivity index (χ0v) is 23.4. The van der Waals surface area contributed by atoms with Crippen molar-refractivity contribution in [3.63, 3.8) is 0 Å². The molecule has 0 saturated heterocycles. The van der Waals surface area contributed by atoms with Gasteiger partial charge in [0.25, 0.3) is 0 Å². The second-order valence-corrected chi connectivity index (χ2v) is 10.3. The summed E-state index contributed by atoms with van der Waals surface area (Å²) in [5.74, 6) is 2.72. The van der Waals surface area contributed by atoms with Gasteiger partial charge < -0.3 is 9.47 Å². The molecule has 0 spiro atoms. The molecule has 0 aliphatic rings. The fourth-order valence-electron chi connectivity index (χ4n) is 3.41. The third kappa shape index (κ3) is 7.42. The van der Waals surface area contributed by atoms with Crippen molar-refractivity contribution in [3.8, 4) is 11.5 Å². The van der Waals surface area contributed by atoms with Crippen LogP contribution in [0.15, 0.2) is 70.9 Å². The lowest BCUT2D eigenvalue weighted by Gasteiger charge is -2.12. The minimum atomic E-state index is 0.287. The lowest BCUT2D eigenvalue weighted by molar-refractivity contribution is 0.284. The summed E-state index contributed by atoms with van der Waals surface area (Å²) in [6.45, 7) is 2.39. The van der Waals surface area contributed by atoms with Gasteiger partial charge in [0.15, 0.2) is 17.3 Å². The van der Waals surface area contributed by atoms with E-state index in [1.54, 1.807) is 41.9 Å². The molecule has 0 radical (unpaired) electrons. The Labute approximate surface area is 235 Å². The van der Waals surface area contributed by atoms with Crippen molar-refractivity contribution >= 4 is 52.8 Å². The van der Waals surface area contributed by atoms with Crippen LogP contribution in [0.2, 0.25) is 15.1 Å². The third-order valence-electron chi connectivity index (χ3n) is 5.34. The first-order chi connectivity index (χ1) is 18.0. The Balaban J connectivity index is 1.49. The molecule has 37 heavy (non-hydrogen) atoms.